The highest BCUT2D eigenvalue weighted by atomic mass is 16.5. The van der Waals surface area contributed by atoms with E-state index < -0.39 is 12.0 Å². The fourth-order valence-corrected chi connectivity index (χ4v) is 3.94. The fourth-order valence-electron chi connectivity index (χ4n) is 3.94. The lowest BCUT2D eigenvalue weighted by Gasteiger charge is -2.35. The van der Waals surface area contributed by atoms with Crippen molar-refractivity contribution >= 4 is 5.97 Å². The lowest BCUT2D eigenvalue weighted by atomic mass is 9.94. The Hall–Kier alpha value is -2.80. The molecule has 3 rings (SSSR count). The normalized spacial score (nSPS) is 15.7. The van der Waals surface area contributed by atoms with Crippen LogP contribution in [-0.4, -0.2) is 47.9 Å². The summed E-state index contributed by atoms with van der Waals surface area (Å²) in [6.45, 7) is 3.17. The van der Waals surface area contributed by atoms with Crippen molar-refractivity contribution in [2.45, 2.75) is 38.8 Å². The van der Waals surface area contributed by atoms with Crippen LogP contribution in [0.3, 0.4) is 0 Å². The molecular formula is C22H28N2O5. The van der Waals surface area contributed by atoms with E-state index in [-0.39, 0.29) is 23.4 Å². The largest absolute Gasteiger partial charge is 0.507 e. The third-order valence-electron chi connectivity index (χ3n) is 5.50. The van der Waals surface area contributed by atoms with Crippen molar-refractivity contribution in [2.24, 2.45) is 0 Å². The summed E-state index contributed by atoms with van der Waals surface area (Å²) in [6.07, 6.45) is 3.23. The van der Waals surface area contributed by atoms with E-state index >= 15 is 0 Å². The number of esters is 1. The quantitative estimate of drug-likeness (QED) is 0.751. The maximum Gasteiger partial charge on any atom is 0.325 e. The Labute approximate surface area is 170 Å². The Balaban J connectivity index is 2.15. The van der Waals surface area contributed by atoms with Crippen molar-refractivity contribution in [2.75, 3.05) is 27.3 Å². The van der Waals surface area contributed by atoms with Crippen molar-refractivity contribution in [1.29, 1.82) is 0 Å². The highest BCUT2D eigenvalue weighted by molar-refractivity contribution is 5.69. The van der Waals surface area contributed by atoms with Gasteiger partial charge in [-0.05, 0) is 56.6 Å². The van der Waals surface area contributed by atoms with Crippen LogP contribution in [0.5, 0.6) is 11.5 Å². The Morgan fingerprint density at radius 1 is 1.14 bits per heavy atom. The first-order valence-electron chi connectivity index (χ1n) is 9.84. The number of hydrogen-bond donors (Lipinski definition) is 1. The molecule has 1 fully saturated rings. The van der Waals surface area contributed by atoms with Crippen LogP contribution >= 0.6 is 0 Å². The second kappa shape index (κ2) is 9.13. The Morgan fingerprint density at radius 2 is 1.79 bits per heavy atom. The molecule has 156 valence electrons. The summed E-state index contributed by atoms with van der Waals surface area (Å²) in [4.78, 5) is 27.4. The van der Waals surface area contributed by atoms with Crippen molar-refractivity contribution in [3.63, 3.8) is 0 Å². The van der Waals surface area contributed by atoms with Gasteiger partial charge in [-0.25, -0.2) is 0 Å². The second-order valence-corrected chi connectivity index (χ2v) is 7.32. The lowest BCUT2D eigenvalue weighted by molar-refractivity contribution is -0.141. The molecule has 7 nitrogen and oxygen atoms in total. The number of aromatic hydroxyl groups is 1. The molecule has 1 aliphatic rings. The van der Waals surface area contributed by atoms with Crippen LogP contribution in [0.25, 0.3) is 0 Å². The third kappa shape index (κ3) is 4.45. The molecule has 0 saturated carbocycles. The highest BCUT2D eigenvalue weighted by Gasteiger charge is 2.30. The maximum absolute atomic E-state index is 13.4. The number of pyridine rings is 1. The van der Waals surface area contributed by atoms with Gasteiger partial charge in [0.15, 0.2) is 0 Å². The number of nitrogens with zero attached hydrogens (tertiary/aromatic N) is 2. The number of rotatable bonds is 6. The minimum absolute atomic E-state index is 0.0555. The number of aryl methyl sites for hydroxylation is 1. The van der Waals surface area contributed by atoms with Gasteiger partial charge in [-0.2, -0.15) is 0 Å². The van der Waals surface area contributed by atoms with E-state index in [1.807, 2.05) is 24.3 Å². The van der Waals surface area contributed by atoms with Crippen molar-refractivity contribution in [1.82, 2.24) is 9.47 Å². The van der Waals surface area contributed by atoms with Crippen LogP contribution in [0.2, 0.25) is 0 Å². The minimum Gasteiger partial charge on any atom is -0.507 e. The second-order valence-electron chi connectivity index (χ2n) is 7.32. The smallest absolute Gasteiger partial charge is 0.325 e. The number of ether oxygens (including phenoxy) is 2. The number of methoxy groups -OCH3 is 2. The summed E-state index contributed by atoms with van der Waals surface area (Å²) in [7, 11) is 2.90. The Kier molecular flexibility index (Phi) is 6.59. The highest BCUT2D eigenvalue weighted by Crippen LogP contribution is 2.35. The Morgan fingerprint density at radius 3 is 2.38 bits per heavy atom. The molecule has 1 aromatic carbocycles. The summed E-state index contributed by atoms with van der Waals surface area (Å²) < 4.78 is 11.4. The molecule has 7 heteroatoms. The summed E-state index contributed by atoms with van der Waals surface area (Å²) in [6, 6.07) is 8.68. The van der Waals surface area contributed by atoms with Gasteiger partial charge in [-0.3, -0.25) is 14.5 Å². The molecule has 29 heavy (non-hydrogen) atoms. The number of piperidine rings is 1. The average molecular weight is 400 g/mol. The number of hydrogen-bond acceptors (Lipinski definition) is 6. The van der Waals surface area contributed by atoms with Crippen LogP contribution in [0, 0.1) is 6.92 Å². The van der Waals surface area contributed by atoms with Gasteiger partial charge in [-0.15, -0.1) is 0 Å². The van der Waals surface area contributed by atoms with Gasteiger partial charge < -0.3 is 19.1 Å². The molecule has 0 aliphatic carbocycles. The van der Waals surface area contributed by atoms with Gasteiger partial charge in [0.25, 0.3) is 5.56 Å². The monoisotopic (exact) mass is 400 g/mol. The zero-order valence-corrected chi connectivity index (χ0v) is 17.2. The van der Waals surface area contributed by atoms with Gasteiger partial charge in [0.2, 0.25) is 0 Å². The number of carbonyl (C=O) groups excluding carboxylic acids is 1. The summed E-state index contributed by atoms with van der Waals surface area (Å²) in [5, 5.41) is 10.8. The topological polar surface area (TPSA) is 81.0 Å². The van der Waals surface area contributed by atoms with E-state index in [1.165, 1.54) is 11.7 Å². The van der Waals surface area contributed by atoms with Crippen LogP contribution in [0.15, 0.2) is 35.1 Å². The van der Waals surface area contributed by atoms with E-state index in [0.29, 0.717) is 5.69 Å². The Bertz CT molecular complexity index is 914. The molecule has 1 aromatic heterocycles. The van der Waals surface area contributed by atoms with E-state index in [1.54, 1.807) is 20.1 Å². The van der Waals surface area contributed by atoms with Gasteiger partial charge >= 0.3 is 5.97 Å². The fraction of sp³-hybridized carbons (Fsp3) is 0.455. The first-order chi connectivity index (χ1) is 14.0. The molecule has 0 radical (unpaired) electrons. The van der Waals surface area contributed by atoms with Gasteiger partial charge in [-0.1, -0.05) is 18.6 Å². The van der Waals surface area contributed by atoms with Crippen LogP contribution in [-0.2, 0) is 16.1 Å². The van der Waals surface area contributed by atoms with Crippen molar-refractivity contribution in [3.8, 4) is 11.5 Å². The predicted molar refractivity (Wildman–Crippen MR) is 109 cm³/mol. The van der Waals surface area contributed by atoms with Crippen LogP contribution in [0.1, 0.15) is 42.1 Å². The maximum atomic E-state index is 13.4. The van der Waals surface area contributed by atoms with E-state index in [0.717, 1.165) is 43.7 Å². The zero-order chi connectivity index (χ0) is 21.0. The predicted octanol–water partition coefficient (Wildman–Crippen LogP) is 2.62. The van der Waals surface area contributed by atoms with Gasteiger partial charge in [0.05, 0.1) is 25.8 Å². The number of benzene rings is 1. The molecule has 1 atom stereocenters. The van der Waals surface area contributed by atoms with Gasteiger partial charge in [0, 0.05) is 5.69 Å². The van der Waals surface area contributed by atoms with Gasteiger partial charge in [0.1, 0.15) is 18.0 Å². The van der Waals surface area contributed by atoms with Crippen LogP contribution in [0.4, 0.5) is 0 Å². The summed E-state index contributed by atoms with van der Waals surface area (Å²) in [5.74, 6) is 0.160. The zero-order valence-electron chi connectivity index (χ0n) is 17.2. The number of aromatic nitrogens is 1. The molecule has 0 bridgehead atoms. The molecule has 1 unspecified atom stereocenters. The molecule has 0 spiro atoms. The van der Waals surface area contributed by atoms with E-state index in [2.05, 4.69) is 4.90 Å². The molecule has 1 N–H and O–H groups in total. The SMILES string of the molecule is COC(=O)Cn1c(C)cc(O)c(C(c2ccc(OC)cc2)N2CCCCC2)c1=O. The van der Waals surface area contributed by atoms with Crippen LogP contribution < -0.4 is 10.3 Å². The summed E-state index contributed by atoms with van der Waals surface area (Å²) >= 11 is 0. The minimum atomic E-state index is -0.509. The molecule has 1 saturated heterocycles. The number of likely N-dealkylation sites (tertiary alicyclic amines) is 1. The first-order valence-corrected chi connectivity index (χ1v) is 9.84. The van der Waals surface area contributed by atoms with E-state index in [9.17, 15) is 14.7 Å². The molecule has 2 heterocycles. The van der Waals surface area contributed by atoms with Crippen molar-refractivity contribution < 1.29 is 19.4 Å². The average Bonchev–Trinajstić information content (AvgIpc) is 2.74. The molecular weight excluding hydrogens is 372 g/mol. The first kappa shape index (κ1) is 20.9. The lowest BCUT2D eigenvalue weighted by Crippen LogP contribution is -2.39. The molecule has 0 amide bonds. The summed E-state index contributed by atoms with van der Waals surface area (Å²) in [5.41, 5.74) is 1.31. The molecule has 1 aliphatic heterocycles. The number of carbonyl (C=O) groups is 1. The van der Waals surface area contributed by atoms with E-state index in [4.69, 9.17) is 9.47 Å². The standard InChI is InChI=1S/C22H28N2O5/c1-15-13-18(25)20(22(27)24(15)14-19(26)29-3)21(23-11-5-4-6-12-23)16-7-9-17(28-2)10-8-16/h7-10,13,21,25H,4-6,11-12,14H2,1-3H3. The third-order valence-corrected chi connectivity index (χ3v) is 5.50. The molecule has 2 aromatic rings. The van der Waals surface area contributed by atoms with Crippen molar-refractivity contribution in [3.05, 3.63) is 57.5 Å².